The van der Waals surface area contributed by atoms with E-state index in [1.807, 2.05) is 20.8 Å². The number of hydrogen-bond donors (Lipinski definition) is 0. The largest absolute Gasteiger partial charge is 0.461 e. The molecule has 0 aliphatic heterocycles. The Morgan fingerprint density at radius 3 is 2.72 bits per heavy atom. The fraction of sp³-hybridized carbons (Fsp3) is 0.824. The second-order valence-electron chi connectivity index (χ2n) is 7.88. The van der Waals surface area contributed by atoms with Gasteiger partial charge in [-0.2, -0.15) is 0 Å². The van der Waals surface area contributed by atoms with E-state index < -0.39 is 11.4 Å². The topological polar surface area (TPSA) is 66.2 Å². The first-order valence-electron chi connectivity index (χ1n) is 8.75. The summed E-state index contributed by atoms with van der Waals surface area (Å²) in [5.41, 5.74) is 0.908. The van der Waals surface area contributed by atoms with E-state index in [4.69, 9.17) is 9.47 Å². The Balaban J connectivity index is 2.12. The second kappa shape index (κ2) is 7.67. The van der Waals surface area contributed by atoms with Gasteiger partial charge in [0, 0.05) is 0 Å². The number of hydrogen-bond acceptors (Lipinski definition) is 5. The number of aromatic nitrogens is 3. The van der Waals surface area contributed by atoms with E-state index >= 15 is 4.39 Å². The van der Waals surface area contributed by atoms with Gasteiger partial charge in [-0.1, -0.05) is 14.5 Å². The molecule has 0 aromatic carbocycles. The fourth-order valence-corrected chi connectivity index (χ4v) is 3.36. The molecule has 0 bridgehead atoms. The van der Waals surface area contributed by atoms with Crippen molar-refractivity contribution in [2.75, 3.05) is 6.61 Å². The Morgan fingerprint density at radius 1 is 1.44 bits per heavy atom. The Labute approximate surface area is 151 Å². The summed E-state index contributed by atoms with van der Waals surface area (Å²) in [6.45, 7) is 9.52. The molecular formula is C17H29FN3O3P. The highest BCUT2D eigenvalue weighted by Crippen LogP contribution is 2.42. The Hall–Kier alpha value is -1.07. The third-order valence-corrected chi connectivity index (χ3v) is 4.69. The van der Waals surface area contributed by atoms with Crippen molar-refractivity contribution >= 4 is 15.2 Å². The van der Waals surface area contributed by atoms with Gasteiger partial charge in [0.1, 0.15) is 12.3 Å². The Morgan fingerprint density at radius 2 is 2.12 bits per heavy atom. The molecule has 0 amide bonds. The van der Waals surface area contributed by atoms with Crippen molar-refractivity contribution in [1.29, 1.82) is 0 Å². The van der Waals surface area contributed by atoms with E-state index in [1.165, 1.54) is 0 Å². The molecule has 0 spiro atoms. The van der Waals surface area contributed by atoms with Crippen LogP contribution in [0.3, 0.4) is 0 Å². The zero-order valence-corrected chi connectivity index (χ0v) is 16.9. The summed E-state index contributed by atoms with van der Waals surface area (Å²) in [6.07, 6.45) is 1.67. The van der Waals surface area contributed by atoms with Crippen LogP contribution in [-0.4, -0.2) is 39.8 Å². The molecule has 1 aromatic rings. The highest BCUT2D eigenvalue weighted by molar-refractivity contribution is 7.18. The molecule has 0 N–H and O–H groups in total. The molecule has 1 aromatic heterocycles. The lowest BCUT2D eigenvalue weighted by atomic mass is 9.96. The lowest BCUT2D eigenvalue weighted by Gasteiger charge is -2.29. The lowest BCUT2D eigenvalue weighted by Crippen LogP contribution is -2.30. The van der Waals surface area contributed by atoms with Crippen LogP contribution in [0, 0.1) is 0 Å². The van der Waals surface area contributed by atoms with E-state index in [0.717, 1.165) is 5.69 Å². The zero-order valence-electron chi connectivity index (χ0n) is 15.7. The minimum Gasteiger partial charge on any atom is -0.461 e. The Bertz CT molecular complexity index is 611. The van der Waals surface area contributed by atoms with Crippen LogP contribution in [0.15, 0.2) is 0 Å². The van der Waals surface area contributed by atoms with Gasteiger partial charge in [-0.25, -0.2) is 13.9 Å². The summed E-state index contributed by atoms with van der Waals surface area (Å²) in [5, 5.41) is 6.65. The lowest BCUT2D eigenvalue weighted by molar-refractivity contribution is -0.155. The van der Waals surface area contributed by atoms with Gasteiger partial charge in [0.15, 0.2) is 5.41 Å². The molecule has 6 nitrogen and oxygen atoms in total. The third-order valence-electron chi connectivity index (χ3n) is 4.13. The van der Waals surface area contributed by atoms with Crippen LogP contribution in [0.1, 0.15) is 65.3 Å². The van der Waals surface area contributed by atoms with Crippen molar-refractivity contribution in [1.82, 2.24) is 15.0 Å². The number of alkyl halides is 1. The smallest absolute Gasteiger partial charge is 0.332 e. The second-order valence-corrected chi connectivity index (χ2v) is 8.79. The average Bonchev–Trinajstić information content (AvgIpc) is 2.88. The first-order chi connectivity index (χ1) is 11.5. The quantitative estimate of drug-likeness (QED) is 0.599. The van der Waals surface area contributed by atoms with E-state index in [-0.39, 0.29) is 30.8 Å². The first kappa shape index (κ1) is 20.2. The predicted molar refractivity (Wildman–Crippen MR) is 96.0 cm³/mol. The summed E-state index contributed by atoms with van der Waals surface area (Å²) in [7, 11) is 2.27. The Kier molecular flexibility index (Phi) is 6.21. The maximum atomic E-state index is 15.2. The number of halogens is 1. The summed E-state index contributed by atoms with van der Waals surface area (Å²) in [4.78, 5) is 11.7. The molecule has 1 aliphatic rings. The molecule has 25 heavy (non-hydrogen) atoms. The number of ether oxygens (including phenoxy) is 2. The number of carbonyl (C=O) groups excluding carboxylic acids is 1. The number of esters is 1. The van der Waals surface area contributed by atoms with Crippen LogP contribution in [0.25, 0.3) is 0 Å². The van der Waals surface area contributed by atoms with Crippen LogP contribution in [0.2, 0.25) is 0 Å². The molecule has 1 aliphatic carbocycles. The SMILES string of the molecule is CC(C)OC(=O)COC1CCc2c(nnn2C(C)(C)C)C(F)(P)CC1. The van der Waals surface area contributed by atoms with Crippen LogP contribution >= 0.6 is 9.24 Å². The van der Waals surface area contributed by atoms with Gasteiger partial charge in [-0.15, -0.1) is 5.10 Å². The van der Waals surface area contributed by atoms with Crippen LogP contribution in [0.5, 0.6) is 0 Å². The molecule has 0 radical (unpaired) electrons. The van der Waals surface area contributed by atoms with Crippen molar-refractivity contribution in [3.8, 4) is 0 Å². The highest BCUT2D eigenvalue weighted by atomic mass is 31.0. The number of rotatable bonds is 4. The van der Waals surface area contributed by atoms with Crippen molar-refractivity contribution in [2.45, 2.75) is 83.5 Å². The molecule has 1 heterocycles. The van der Waals surface area contributed by atoms with E-state index in [0.29, 0.717) is 25.0 Å². The van der Waals surface area contributed by atoms with Gasteiger partial charge >= 0.3 is 5.97 Å². The fourth-order valence-electron chi connectivity index (χ4n) is 2.97. The minimum atomic E-state index is -1.64. The van der Waals surface area contributed by atoms with Gasteiger partial charge in [0.05, 0.1) is 23.4 Å². The van der Waals surface area contributed by atoms with E-state index in [2.05, 4.69) is 19.6 Å². The maximum absolute atomic E-state index is 15.2. The molecule has 8 heteroatoms. The molecule has 0 saturated heterocycles. The molecule has 0 fully saturated rings. The summed E-state index contributed by atoms with van der Waals surface area (Å²) in [6, 6.07) is 0. The van der Waals surface area contributed by atoms with Crippen LogP contribution < -0.4 is 0 Å². The summed E-state index contributed by atoms with van der Waals surface area (Å²) in [5.74, 6) is -0.392. The highest BCUT2D eigenvalue weighted by Gasteiger charge is 2.38. The van der Waals surface area contributed by atoms with Crippen molar-refractivity contribution in [2.24, 2.45) is 0 Å². The van der Waals surface area contributed by atoms with Gasteiger partial charge in [-0.3, -0.25) is 0 Å². The van der Waals surface area contributed by atoms with E-state index in [9.17, 15) is 4.79 Å². The number of nitrogens with zero attached hydrogens (tertiary/aromatic N) is 3. The van der Waals surface area contributed by atoms with Crippen LogP contribution in [0.4, 0.5) is 4.39 Å². The normalized spacial score (nSPS) is 24.6. The van der Waals surface area contributed by atoms with Crippen molar-refractivity contribution < 1.29 is 18.7 Å². The van der Waals surface area contributed by atoms with Gasteiger partial charge in [0.25, 0.3) is 0 Å². The molecule has 142 valence electrons. The maximum Gasteiger partial charge on any atom is 0.332 e. The number of fused-ring (bicyclic) bond motifs is 1. The van der Waals surface area contributed by atoms with Crippen molar-refractivity contribution in [3.63, 3.8) is 0 Å². The molecule has 2 rings (SSSR count). The molecule has 3 atom stereocenters. The zero-order chi connectivity index (χ0) is 18.8. The summed E-state index contributed by atoms with van der Waals surface area (Å²) >= 11 is 0. The molecule has 0 saturated carbocycles. The molecular weight excluding hydrogens is 344 g/mol. The predicted octanol–water partition coefficient (Wildman–Crippen LogP) is 3.09. The number of carbonyl (C=O) groups is 1. The van der Waals surface area contributed by atoms with Gasteiger partial charge in [-0.05, 0) is 60.3 Å². The monoisotopic (exact) mass is 373 g/mol. The van der Waals surface area contributed by atoms with Crippen LogP contribution in [-0.2, 0) is 31.6 Å². The van der Waals surface area contributed by atoms with Gasteiger partial charge < -0.3 is 9.47 Å². The third kappa shape index (κ3) is 5.20. The average molecular weight is 373 g/mol. The van der Waals surface area contributed by atoms with Crippen molar-refractivity contribution in [3.05, 3.63) is 11.4 Å². The summed E-state index contributed by atoms with van der Waals surface area (Å²) < 4.78 is 27.7. The standard InChI is InChI=1S/C17H29FN3O3P/c1-11(2)24-14(22)10-23-12-6-7-13-15(17(18,25)9-8-12)19-20-21(13)16(3,4)5/h11-12H,6-10,25H2,1-5H3. The van der Waals surface area contributed by atoms with Gasteiger partial charge in [0.2, 0.25) is 0 Å². The minimum absolute atomic E-state index is 0.109. The van der Waals surface area contributed by atoms with E-state index in [1.54, 1.807) is 18.5 Å². The molecule has 3 unspecified atom stereocenters. The first-order valence-corrected chi connectivity index (χ1v) is 9.33.